The van der Waals surface area contributed by atoms with Crippen molar-refractivity contribution in [2.75, 3.05) is 0 Å². The van der Waals surface area contributed by atoms with Crippen LogP contribution in [-0.2, 0) is 4.79 Å². The minimum atomic E-state index is -0.964. The van der Waals surface area contributed by atoms with Gasteiger partial charge in [0, 0.05) is 16.7 Å². The Hall–Kier alpha value is -2.66. The number of thiocarbonyl (C=S) groups is 1. The first kappa shape index (κ1) is 23.6. The highest BCUT2D eigenvalue weighted by molar-refractivity contribution is 7.80. The van der Waals surface area contributed by atoms with E-state index in [2.05, 4.69) is 16.2 Å². The first-order valence-corrected chi connectivity index (χ1v) is 9.59. The average Bonchev–Trinajstić information content (AvgIpc) is 2.68. The third kappa shape index (κ3) is 6.42. The predicted molar refractivity (Wildman–Crippen MR) is 116 cm³/mol. The molecule has 1 unspecified atom stereocenters. The smallest absolute Gasteiger partial charge is 0.288 e. The Morgan fingerprint density at radius 1 is 1.10 bits per heavy atom. The van der Waals surface area contributed by atoms with Gasteiger partial charge in [0.25, 0.3) is 17.5 Å². The molecule has 0 saturated carbocycles. The van der Waals surface area contributed by atoms with E-state index in [4.69, 9.17) is 51.8 Å². The van der Waals surface area contributed by atoms with Crippen molar-refractivity contribution < 1.29 is 19.2 Å². The van der Waals surface area contributed by atoms with Gasteiger partial charge in [-0.2, -0.15) is 0 Å². The molecule has 2 aromatic carbocycles. The second kappa shape index (κ2) is 10.4. The van der Waals surface area contributed by atoms with Crippen molar-refractivity contribution in [2.24, 2.45) is 0 Å². The number of carbonyl (C=O) groups is 2. The topological polar surface area (TPSA) is 123 Å². The largest absolute Gasteiger partial charge is 0.479 e. The lowest BCUT2D eigenvalue weighted by molar-refractivity contribution is -0.384. The zero-order valence-electron chi connectivity index (χ0n) is 15.1. The number of rotatable bonds is 5. The van der Waals surface area contributed by atoms with E-state index >= 15 is 0 Å². The summed E-state index contributed by atoms with van der Waals surface area (Å²) in [5, 5.41) is 13.5. The van der Waals surface area contributed by atoms with E-state index in [1.54, 1.807) is 6.07 Å². The standard InChI is InChI=1S/C17H13Cl3N4O5S/c1-8(29-14-5-3-10(18)7-12(14)20)15(25)22-23-17(30)21-16(26)9-2-4-11(19)13(6-9)24(27)28/h2-8H,1H3,(H,22,25)(H2,21,23,26,30). The Bertz CT molecular complexity index is 1020. The van der Waals surface area contributed by atoms with E-state index in [0.29, 0.717) is 5.02 Å². The number of hydrogen-bond donors (Lipinski definition) is 3. The van der Waals surface area contributed by atoms with Crippen LogP contribution in [0.4, 0.5) is 5.69 Å². The normalized spacial score (nSPS) is 11.2. The molecular formula is C17H13Cl3N4O5S. The van der Waals surface area contributed by atoms with Crippen LogP contribution in [-0.4, -0.2) is 28.0 Å². The number of carbonyl (C=O) groups excluding carboxylic acids is 2. The van der Waals surface area contributed by atoms with Crippen molar-refractivity contribution >= 4 is 69.6 Å². The first-order chi connectivity index (χ1) is 14.1. The molecule has 30 heavy (non-hydrogen) atoms. The van der Waals surface area contributed by atoms with Gasteiger partial charge >= 0.3 is 0 Å². The van der Waals surface area contributed by atoms with Crippen LogP contribution in [0.3, 0.4) is 0 Å². The van der Waals surface area contributed by atoms with E-state index in [1.807, 2.05) is 0 Å². The summed E-state index contributed by atoms with van der Waals surface area (Å²) in [5.41, 5.74) is 4.12. The molecule has 13 heteroatoms. The quantitative estimate of drug-likeness (QED) is 0.331. The SMILES string of the molecule is CC(Oc1ccc(Cl)cc1Cl)C(=O)NNC(=S)NC(=O)c1ccc(Cl)c([N+](=O)[O-])c1. The monoisotopic (exact) mass is 490 g/mol. The maximum Gasteiger partial charge on any atom is 0.288 e. The second-order valence-corrected chi connectivity index (χ2v) is 7.31. The van der Waals surface area contributed by atoms with Crippen molar-refractivity contribution in [3.8, 4) is 5.75 Å². The number of benzene rings is 2. The molecule has 0 aromatic heterocycles. The summed E-state index contributed by atoms with van der Waals surface area (Å²) in [4.78, 5) is 34.5. The molecule has 0 fully saturated rings. The lowest BCUT2D eigenvalue weighted by Gasteiger charge is -2.17. The number of nitro benzene ring substituents is 1. The molecule has 0 aliphatic rings. The van der Waals surface area contributed by atoms with Crippen LogP contribution in [0.5, 0.6) is 5.75 Å². The first-order valence-electron chi connectivity index (χ1n) is 8.05. The fourth-order valence-corrected chi connectivity index (χ4v) is 2.82. The van der Waals surface area contributed by atoms with Gasteiger partial charge in [-0.25, -0.2) is 0 Å². The van der Waals surface area contributed by atoms with Crippen LogP contribution in [0.25, 0.3) is 0 Å². The molecular weight excluding hydrogens is 479 g/mol. The van der Waals surface area contributed by atoms with E-state index in [1.165, 1.54) is 31.2 Å². The summed E-state index contributed by atoms with van der Waals surface area (Å²) in [5.74, 6) is -1.09. The predicted octanol–water partition coefficient (Wildman–Crippen LogP) is 3.66. The summed E-state index contributed by atoms with van der Waals surface area (Å²) < 4.78 is 5.44. The number of hydrogen-bond acceptors (Lipinski definition) is 6. The maximum absolute atomic E-state index is 12.2. The molecule has 2 rings (SSSR count). The summed E-state index contributed by atoms with van der Waals surface area (Å²) >= 11 is 22.4. The van der Waals surface area contributed by atoms with Gasteiger partial charge in [0.05, 0.1) is 9.95 Å². The molecule has 0 radical (unpaired) electrons. The highest BCUT2D eigenvalue weighted by Crippen LogP contribution is 2.28. The maximum atomic E-state index is 12.2. The molecule has 0 saturated heterocycles. The fourth-order valence-electron chi connectivity index (χ4n) is 2.04. The third-order valence-corrected chi connectivity index (χ3v) is 4.55. The highest BCUT2D eigenvalue weighted by Gasteiger charge is 2.19. The van der Waals surface area contributed by atoms with Crippen LogP contribution in [0.1, 0.15) is 17.3 Å². The Labute approximate surface area is 190 Å². The van der Waals surface area contributed by atoms with Gasteiger partial charge in [0.2, 0.25) is 0 Å². The molecule has 0 bridgehead atoms. The number of halogens is 3. The van der Waals surface area contributed by atoms with E-state index in [0.717, 1.165) is 6.07 Å². The zero-order valence-corrected chi connectivity index (χ0v) is 18.2. The van der Waals surface area contributed by atoms with Crippen LogP contribution in [0.2, 0.25) is 15.1 Å². The van der Waals surface area contributed by atoms with Gasteiger partial charge in [0.15, 0.2) is 11.2 Å². The molecule has 1 atom stereocenters. The molecule has 0 heterocycles. The molecule has 2 aromatic rings. The Kier molecular flexibility index (Phi) is 8.18. The molecule has 0 aliphatic carbocycles. The summed E-state index contributed by atoms with van der Waals surface area (Å²) in [6.45, 7) is 1.47. The summed E-state index contributed by atoms with van der Waals surface area (Å²) in [6.07, 6.45) is -0.964. The van der Waals surface area contributed by atoms with Crippen molar-refractivity contribution in [3.63, 3.8) is 0 Å². The molecule has 2 amide bonds. The molecule has 3 N–H and O–H groups in total. The van der Waals surface area contributed by atoms with Gasteiger partial charge < -0.3 is 4.74 Å². The second-order valence-electron chi connectivity index (χ2n) is 5.66. The van der Waals surface area contributed by atoms with Gasteiger partial charge in [-0.1, -0.05) is 34.8 Å². The number of nitro groups is 1. The van der Waals surface area contributed by atoms with Gasteiger partial charge in [-0.3, -0.25) is 35.9 Å². The minimum absolute atomic E-state index is 0.0457. The number of nitrogens with one attached hydrogen (secondary N) is 3. The summed E-state index contributed by atoms with van der Waals surface area (Å²) in [7, 11) is 0. The van der Waals surface area contributed by atoms with Crippen molar-refractivity contribution in [3.05, 3.63) is 67.1 Å². The molecule has 0 aliphatic heterocycles. The zero-order chi connectivity index (χ0) is 22.4. The lowest BCUT2D eigenvalue weighted by Crippen LogP contribution is -2.51. The number of nitrogens with zero attached hydrogens (tertiary/aromatic N) is 1. The van der Waals surface area contributed by atoms with Crippen LogP contribution in [0, 0.1) is 10.1 Å². The summed E-state index contributed by atoms with van der Waals surface area (Å²) in [6, 6.07) is 8.04. The molecule has 158 valence electrons. The van der Waals surface area contributed by atoms with Crippen molar-refractivity contribution in [1.82, 2.24) is 16.2 Å². The number of ether oxygens (including phenoxy) is 1. The van der Waals surface area contributed by atoms with Crippen molar-refractivity contribution in [2.45, 2.75) is 13.0 Å². The molecule has 0 spiro atoms. The Morgan fingerprint density at radius 3 is 2.43 bits per heavy atom. The van der Waals surface area contributed by atoms with Crippen LogP contribution in [0.15, 0.2) is 36.4 Å². The third-order valence-electron chi connectivity index (χ3n) is 3.50. The Balaban J connectivity index is 1.89. The van der Waals surface area contributed by atoms with Gasteiger partial charge in [-0.05, 0) is 49.5 Å². The highest BCUT2D eigenvalue weighted by atomic mass is 35.5. The van der Waals surface area contributed by atoms with Gasteiger partial charge in [0.1, 0.15) is 10.8 Å². The number of amides is 2. The van der Waals surface area contributed by atoms with E-state index < -0.39 is 28.5 Å². The Morgan fingerprint density at radius 2 is 1.80 bits per heavy atom. The van der Waals surface area contributed by atoms with Crippen LogP contribution >= 0.6 is 47.0 Å². The molecule has 9 nitrogen and oxygen atoms in total. The average molecular weight is 492 g/mol. The number of hydrazine groups is 1. The van der Waals surface area contributed by atoms with E-state index in [-0.39, 0.29) is 26.5 Å². The van der Waals surface area contributed by atoms with Crippen molar-refractivity contribution in [1.29, 1.82) is 0 Å². The van der Waals surface area contributed by atoms with Crippen LogP contribution < -0.4 is 20.9 Å². The van der Waals surface area contributed by atoms with E-state index in [9.17, 15) is 19.7 Å². The fraction of sp³-hybridized carbons (Fsp3) is 0.118. The minimum Gasteiger partial charge on any atom is -0.479 e. The van der Waals surface area contributed by atoms with Gasteiger partial charge in [-0.15, -0.1) is 0 Å². The lowest BCUT2D eigenvalue weighted by atomic mass is 10.2.